The monoisotopic (exact) mass is 642 g/mol. The van der Waals surface area contributed by atoms with E-state index >= 15 is 0 Å². The minimum atomic E-state index is -1.35. The Morgan fingerprint density at radius 3 is 2.14 bits per heavy atom. The SMILES string of the molecule is C=C1CN(c2ccc(-n3cc(-c4ccc(Cl)cc4Cl)nc3Cc3ccc(-c4ccc(CCC(=O)O)cc4)cc3)cc2)S(=O)N1. The van der Waals surface area contributed by atoms with E-state index in [4.69, 9.17) is 33.3 Å². The van der Waals surface area contributed by atoms with Crippen molar-refractivity contribution in [3.05, 3.63) is 136 Å². The number of aromatic nitrogens is 2. The van der Waals surface area contributed by atoms with Crippen molar-refractivity contribution in [2.75, 3.05) is 10.8 Å². The van der Waals surface area contributed by atoms with E-state index in [1.807, 2.05) is 65.4 Å². The molecule has 2 heterocycles. The van der Waals surface area contributed by atoms with E-state index in [2.05, 4.69) is 35.6 Å². The average molecular weight is 644 g/mol. The van der Waals surface area contributed by atoms with Gasteiger partial charge in [0.15, 0.2) is 0 Å². The van der Waals surface area contributed by atoms with Crippen LogP contribution in [0.25, 0.3) is 28.1 Å². The Balaban J connectivity index is 1.28. The summed E-state index contributed by atoms with van der Waals surface area (Å²) < 4.78 is 19.1. The number of aryl methyl sites for hydroxylation is 1. The minimum absolute atomic E-state index is 0.118. The summed E-state index contributed by atoms with van der Waals surface area (Å²) in [5.74, 6) is 0.0312. The molecule has 1 atom stereocenters. The number of carboxylic acid groups (broad SMARTS) is 1. The molecule has 1 unspecified atom stereocenters. The molecule has 7 nitrogen and oxygen atoms in total. The zero-order chi connectivity index (χ0) is 30.8. The highest BCUT2D eigenvalue weighted by molar-refractivity contribution is 7.85. The molecule has 4 aromatic carbocycles. The van der Waals surface area contributed by atoms with Gasteiger partial charge in [-0.1, -0.05) is 78.3 Å². The summed E-state index contributed by atoms with van der Waals surface area (Å²) in [7, 11) is 0. The van der Waals surface area contributed by atoms with Crippen molar-refractivity contribution < 1.29 is 14.1 Å². The van der Waals surface area contributed by atoms with Gasteiger partial charge >= 0.3 is 5.97 Å². The summed E-state index contributed by atoms with van der Waals surface area (Å²) in [6, 6.07) is 29.6. The Morgan fingerprint density at radius 2 is 1.55 bits per heavy atom. The van der Waals surface area contributed by atoms with E-state index in [0.717, 1.165) is 50.7 Å². The van der Waals surface area contributed by atoms with Crippen LogP contribution < -0.4 is 9.03 Å². The van der Waals surface area contributed by atoms with Crippen LogP contribution in [0.3, 0.4) is 0 Å². The molecular formula is C34H28Cl2N4O3S. The molecular weight excluding hydrogens is 615 g/mol. The molecule has 1 aliphatic rings. The molecule has 222 valence electrons. The van der Waals surface area contributed by atoms with Gasteiger partial charge in [-0.3, -0.25) is 13.8 Å². The van der Waals surface area contributed by atoms with Crippen molar-refractivity contribution in [1.29, 1.82) is 0 Å². The summed E-state index contributed by atoms with van der Waals surface area (Å²) >= 11 is 11.4. The summed E-state index contributed by atoms with van der Waals surface area (Å²) in [6.07, 6.45) is 3.17. The molecule has 0 aliphatic carbocycles. The maximum absolute atomic E-state index is 12.4. The lowest BCUT2D eigenvalue weighted by Gasteiger charge is -2.15. The van der Waals surface area contributed by atoms with Crippen LogP contribution in [-0.4, -0.2) is 31.4 Å². The standard InChI is InChI=1S/C34H28Cl2N4O3S/c1-22-20-40(44(43)38-22)29-14-12-28(13-15-29)39-21-32(30-16-11-27(35)19-31(30)36)37-33(39)18-24-4-9-26(10-5-24)25-7-2-23(3-8-25)6-17-34(41)42/h2-5,7-16,19,21,38H,1,6,17-18,20H2,(H,41,42). The first-order chi connectivity index (χ1) is 21.2. The number of halogens is 2. The van der Waals surface area contributed by atoms with E-state index in [1.54, 1.807) is 16.4 Å². The number of hydrogen-bond acceptors (Lipinski definition) is 3. The van der Waals surface area contributed by atoms with Crippen LogP contribution in [0.1, 0.15) is 23.4 Å². The van der Waals surface area contributed by atoms with Gasteiger partial charge in [-0.05, 0) is 71.1 Å². The molecule has 1 aliphatic heterocycles. The molecule has 0 saturated carbocycles. The molecule has 10 heteroatoms. The number of benzene rings is 4. The van der Waals surface area contributed by atoms with Crippen molar-refractivity contribution in [3.63, 3.8) is 0 Å². The Bertz CT molecular complexity index is 1870. The van der Waals surface area contributed by atoms with Gasteiger partial charge in [0.05, 0.1) is 22.9 Å². The molecule has 0 amide bonds. The third-order valence-electron chi connectivity index (χ3n) is 7.40. The van der Waals surface area contributed by atoms with Crippen molar-refractivity contribution in [2.45, 2.75) is 19.3 Å². The van der Waals surface area contributed by atoms with Gasteiger partial charge in [0.25, 0.3) is 0 Å². The van der Waals surface area contributed by atoms with Crippen molar-refractivity contribution >= 4 is 46.0 Å². The first-order valence-corrected chi connectivity index (χ1v) is 15.8. The fourth-order valence-electron chi connectivity index (χ4n) is 5.12. The second kappa shape index (κ2) is 12.7. The lowest BCUT2D eigenvalue weighted by atomic mass is 10.0. The number of carboxylic acids is 1. The molecule has 0 bridgehead atoms. The fraction of sp³-hybridized carbons (Fsp3) is 0.118. The number of aliphatic carboxylic acids is 1. The Labute approximate surface area is 268 Å². The quantitative estimate of drug-likeness (QED) is 0.173. The molecule has 1 fully saturated rings. The zero-order valence-electron chi connectivity index (χ0n) is 23.5. The molecule has 0 radical (unpaired) electrons. The summed E-state index contributed by atoms with van der Waals surface area (Å²) in [6.45, 7) is 4.36. The predicted molar refractivity (Wildman–Crippen MR) is 177 cm³/mol. The second-order valence-electron chi connectivity index (χ2n) is 10.5. The van der Waals surface area contributed by atoms with Gasteiger partial charge in [-0.15, -0.1) is 0 Å². The lowest BCUT2D eigenvalue weighted by Crippen LogP contribution is -2.22. The number of nitrogens with zero attached hydrogens (tertiary/aromatic N) is 3. The van der Waals surface area contributed by atoms with Crippen LogP contribution in [0.2, 0.25) is 10.0 Å². The van der Waals surface area contributed by atoms with Gasteiger partial charge in [0.1, 0.15) is 5.82 Å². The number of rotatable bonds is 9. The van der Waals surface area contributed by atoms with Crippen LogP contribution >= 0.6 is 23.2 Å². The van der Waals surface area contributed by atoms with Crippen molar-refractivity contribution in [1.82, 2.24) is 14.3 Å². The highest BCUT2D eigenvalue weighted by Crippen LogP contribution is 2.32. The third kappa shape index (κ3) is 6.58. The first kappa shape index (κ1) is 29.7. The summed E-state index contributed by atoms with van der Waals surface area (Å²) in [4.78, 5) is 15.9. The lowest BCUT2D eigenvalue weighted by molar-refractivity contribution is -0.136. The highest BCUT2D eigenvalue weighted by Gasteiger charge is 2.23. The van der Waals surface area contributed by atoms with Gasteiger partial charge in [0, 0.05) is 41.0 Å². The summed E-state index contributed by atoms with van der Waals surface area (Å²) in [5, 5.41) is 10.0. The van der Waals surface area contributed by atoms with Crippen molar-refractivity contribution in [2.24, 2.45) is 0 Å². The molecule has 44 heavy (non-hydrogen) atoms. The number of carbonyl (C=O) groups is 1. The maximum Gasteiger partial charge on any atom is 0.303 e. The van der Waals surface area contributed by atoms with Crippen LogP contribution in [0.15, 0.2) is 109 Å². The first-order valence-electron chi connectivity index (χ1n) is 13.9. The Kier molecular flexibility index (Phi) is 8.57. The Hall–Kier alpha value is -4.37. The number of imidazole rings is 1. The maximum atomic E-state index is 12.4. The number of anilines is 1. The Morgan fingerprint density at radius 1 is 0.909 bits per heavy atom. The van der Waals surface area contributed by atoms with Gasteiger partial charge in [0.2, 0.25) is 11.2 Å². The normalized spacial score (nSPS) is 14.5. The van der Waals surface area contributed by atoms with Crippen LogP contribution in [0.5, 0.6) is 0 Å². The molecule has 2 N–H and O–H groups in total. The highest BCUT2D eigenvalue weighted by atomic mass is 35.5. The summed E-state index contributed by atoms with van der Waals surface area (Å²) in [5.41, 5.74) is 8.18. The van der Waals surface area contributed by atoms with E-state index in [1.165, 1.54) is 0 Å². The minimum Gasteiger partial charge on any atom is -0.481 e. The molecule has 0 spiro atoms. The van der Waals surface area contributed by atoms with E-state index in [-0.39, 0.29) is 6.42 Å². The van der Waals surface area contributed by atoms with E-state index < -0.39 is 17.1 Å². The third-order valence-corrected chi connectivity index (χ3v) is 9.15. The largest absolute Gasteiger partial charge is 0.481 e. The number of hydrogen-bond donors (Lipinski definition) is 2. The van der Waals surface area contributed by atoms with Gasteiger partial charge in [-0.25, -0.2) is 9.19 Å². The molecule has 1 saturated heterocycles. The second-order valence-corrected chi connectivity index (χ2v) is 12.5. The van der Waals surface area contributed by atoms with Crippen LogP contribution in [0.4, 0.5) is 5.69 Å². The van der Waals surface area contributed by atoms with Gasteiger partial charge in [-0.2, -0.15) is 0 Å². The zero-order valence-corrected chi connectivity index (χ0v) is 25.9. The van der Waals surface area contributed by atoms with Gasteiger partial charge < -0.3 is 9.67 Å². The molecule has 1 aromatic heterocycles. The van der Waals surface area contributed by atoms with E-state index in [0.29, 0.717) is 35.1 Å². The van der Waals surface area contributed by atoms with Crippen LogP contribution in [-0.2, 0) is 28.8 Å². The number of nitrogens with one attached hydrogen (secondary N) is 1. The smallest absolute Gasteiger partial charge is 0.303 e. The topological polar surface area (TPSA) is 87.5 Å². The average Bonchev–Trinajstić information content (AvgIpc) is 3.58. The molecule has 5 aromatic rings. The molecule has 6 rings (SSSR count). The van der Waals surface area contributed by atoms with E-state index in [9.17, 15) is 9.00 Å². The van der Waals surface area contributed by atoms with Crippen LogP contribution in [0, 0.1) is 0 Å². The van der Waals surface area contributed by atoms with Crippen molar-refractivity contribution in [3.8, 4) is 28.1 Å². The fourth-order valence-corrected chi connectivity index (χ4v) is 6.63. The predicted octanol–water partition coefficient (Wildman–Crippen LogP) is 7.62.